The molecule has 4 nitrogen and oxygen atoms in total. The zero-order valence-corrected chi connectivity index (χ0v) is 12.2. The van der Waals surface area contributed by atoms with Gasteiger partial charge in [-0.15, -0.1) is 0 Å². The van der Waals surface area contributed by atoms with Gasteiger partial charge in [-0.25, -0.2) is 0 Å². The van der Waals surface area contributed by atoms with E-state index in [-0.39, 0.29) is 0 Å². The van der Waals surface area contributed by atoms with Crippen LogP contribution in [0.2, 0.25) is 5.02 Å². The minimum absolute atomic E-state index is 0.421. The minimum atomic E-state index is 0.421. The maximum absolute atomic E-state index is 9.16. The van der Waals surface area contributed by atoms with Gasteiger partial charge in [0.1, 0.15) is 6.07 Å². The van der Waals surface area contributed by atoms with Crippen LogP contribution >= 0.6 is 23.8 Å². The van der Waals surface area contributed by atoms with Gasteiger partial charge in [0.2, 0.25) is 0 Å². The Bertz CT molecular complexity index is 1000. The molecule has 0 bridgehead atoms. The van der Waals surface area contributed by atoms with E-state index in [9.17, 15) is 0 Å². The number of imidazole rings is 1. The minimum Gasteiger partial charge on any atom is -0.329 e. The van der Waals surface area contributed by atoms with Crippen LogP contribution in [0.1, 0.15) is 11.1 Å². The standard InChI is InChI=1S/C15H7ClN4S/c16-11-5-4-9(7-17)6-13(11)20-12-3-1-2-10(8-18)14(12)19-15(20)21/h1-6H,(H,19,21). The Kier molecular flexibility index (Phi) is 3.23. The summed E-state index contributed by atoms with van der Waals surface area (Å²) in [5.41, 5.74) is 3.01. The van der Waals surface area contributed by atoms with Gasteiger partial charge in [-0.2, -0.15) is 10.5 Å². The number of benzene rings is 2. The molecular weight excluding hydrogens is 304 g/mol. The van der Waals surface area contributed by atoms with Crippen LogP contribution in [0, 0.1) is 27.4 Å². The van der Waals surface area contributed by atoms with Gasteiger partial charge in [0, 0.05) is 0 Å². The molecule has 0 aliphatic heterocycles. The maximum Gasteiger partial charge on any atom is 0.182 e. The number of halogens is 1. The van der Waals surface area contributed by atoms with E-state index < -0.39 is 0 Å². The van der Waals surface area contributed by atoms with Crippen LogP contribution in [-0.2, 0) is 0 Å². The van der Waals surface area contributed by atoms with Crippen molar-refractivity contribution in [1.29, 1.82) is 10.5 Å². The molecule has 0 saturated heterocycles. The third-order valence-electron chi connectivity index (χ3n) is 3.15. The molecule has 21 heavy (non-hydrogen) atoms. The summed E-state index contributed by atoms with van der Waals surface area (Å²) in [4.78, 5) is 3.02. The van der Waals surface area contributed by atoms with Crippen molar-refractivity contribution in [3.63, 3.8) is 0 Å². The normalized spacial score (nSPS) is 10.2. The van der Waals surface area contributed by atoms with E-state index in [1.165, 1.54) is 0 Å². The maximum atomic E-state index is 9.16. The molecule has 6 heteroatoms. The van der Waals surface area contributed by atoms with Crippen molar-refractivity contribution in [2.45, 2.75) is 0 Å². The van der Waals surface area contributed by atoms with E-state index in [4.69, 9.17) is 34.3 Å². The molecule has 2 aromatic carbocycles. The summed E-state index contributed by atoms with van der Waals surface area (Å²) in [6.07, 6.45) is 0. The van der Waals surface area contributed by atoms with Crippen molar-refractivity contribution in [3.8, 4) is 17.8 Å². The molecule has 0 spiro atoms. The van der Waals surface area contributed by atoms with Crippen LogP contribution in [0.25, 0.3) is 16.7 Å². The first-order chi connectivity index (χ1) is 10.2. The number of nitrogens with zero attached hydrogens (tertiary/aromatic N) is 3. The zero-order valence-electron chi connectivity index (χ0n) is 10.6. The van der Waals surface area contributed by atoms with Gasteiger partial charge >= 0.3 is 0 Å². The Morgan fingerprint density at radius 1 is 1.14 bits per heavy atom. The van der Waals surface area contributed by atoms with E-state index in [2.05, 4.69) is 17.1 Å². The van der Waals surface area contributed by atoms with E-state index in [1.807, 2.05) is 6.07 Å². The van der Waals surface area contributed by atoms with Gasteiger partial charge in [0.05, 0.1) is 38.9 Å². The third kappa shape index (κ3) is 2.09. The molecule has 0 aliphatic carbocycles. The first-order valence-electron chi connectivity index (χ1n) is 5.99. The van der Waals surface area contributed by atoms with Gasteiger partial charge in [-0.1, -0.05) is 17.7 Å². The second kappa shape index (κ2) is 5.06. The van der Waals surface area contributed by atoms with Crippen LogP contribution in [0.4, 0.5) is 0 Å². The summed E-state index contributed by atoms with van der Waals surface area (Å²) in [5, 5.41) is 18.7. The molecule has 0 fully saturated rings. The largest absolute Gasteiger partial charge is 0.329 e. The van der Waals surface area contributed by atoms with E-state index in [0.717, 1.165) is 5.52 Å². The summed E-state index contributed by atoms with van der Waals surface area (Å²) >= 11 is 11.6. The van der Waals surface area contributed by atoms with Gasteiger partial charge in [0.25, 0.3) is 0 Å². The van der Waals surface area contributed by atoms with Crippen molar-refractivity contribution in [1.82, 2.24) is 9.55 Å². The molecule has 1 heterocycles. The third-order valence-corrected chi connectivity index (χ3v) is 3.76. The molecule has 0 saturated carbocycles. The number of para-hydroxylation sites is 1. The van der Waals surface area contributed by atoms with Crippen LogP contribution in [0.15, 0.2) is 36.4 Å². The fourth-order valence-electron chi connectivity index (χ4n) is 2.22. The molecular formula is C15H7ClN4S. The van der Waals surface area contributed by atoms with Crippen LogP contribution < -0.4 is 0 Å². The SMILES string of the molecule is N#Cc1ccc(Cl)c(-n2c(=S)[nH]c3c(C#N)cccc32)c1. The van der Waals surface area contributed by atoms with Crippen molar-refractivity contribution < 1.29 is 0 Å². The second-order valence-corrected chi connectivity index (χ2v) is 5.15. The molecule has 0 atom stereocenters. The fraction of sp³-hybridized carbons (Fsp3) is 0. The quantitative estimate of drug-likeness (QED) is 0.688. The van der Waals surface area contributed by atoms with Crippen LogP contribution in [0.5, 0.6) is 0 Å². The number of nitriles is 2. The molecule has 0 unspecified atom stereocenters. The monoisotopic (exact) mass is 310 g/mol. The summed E-state index contributed by atoms with van der Waals surface area (Å²) in [5.74, 6) is 0. The predicted octanol–water partition coefficient (Wildman–Crippen LogP) is 4.08. The van der Waals surface area contributed by atoms with Crippen molar-refractivity contribution in [2.24, 2.45) is 0 Å². The lowest BCUT2D eigenvalue weighted by Gasteiger charge is -2.07. The average Bonchev–Trinajstić information content (AvgIpc) is 2.83. The summed E-state index contributed by atoms with van der Waals surface area (Å²) in [6, 6.07) is 14.5. The Hall–Kier alpha value is -2.60. The summed E-state index contributed by atoms with van der Waals surface area (Å²) in [6.45, 7) is 0. The van der Waals surface area contributed by atoms with E-state index in [0.29, 0.717) is 32.1 Å². The van der Waals surface area contributed by atoms with E-state index >= 15 is 0 Å². The molecule has 1 N–H and O–H groups in total. The first-order valence-corrected chi connectivity index (χ1v) is 6.78. The van der Waals surface area contributed by atoms with Crippen molar-refractivity contribution in [2.75, 3.05) is 0 Å². The Morgan fingerprint density at radius 3 is 2.67 bits per heavy atom. The number of hydrogen-bond donors (Lipinski definition) is 1. The lowest BCUT2D eigenvalue weighted by atomic mass is 10.2. The second-order valence-electron chi connectivity index (χ2n) is 4.36. The molecule has 3 aromatic rings. The molecule has 0 aliphatic rings. The number of rotatable bonds is 1. The predicted molar refractivity (Wildman–Crippen MR) is 82.9 cm³/mol. The molecule has 1 aromatic heterocycles. The zero-order chi connectivity index (χ0) is 15.0. The number of H-pyrrole nitrogens is 1. The average molecular weight is 311 g/mol. The Morgan fingerprint density at radius 2 is 1.95 bits per heavy atom. The lowest BCUT2D eigenvalue weighted by molar-refractivity contribution is 1.06. The topological polar surface area (TPSA) is 68.3 Å². The molecule has 100 valence electrons. The Labute approximate surface area is 130 Å². The van der Waals surface area contributed by atoms with Crippen molar-refractivity contribution in [3.05, 3.63) is 57.3 Å². The van der Waals surface area contributed by atoms with Gasteiger partial charge < -0.3 is 4.98 Å². The lowest BCUT2D eigenvalue weighted by Crippen LogP contribution is -1.96. The Balaban J connectivity index is 2.42. The van der Waals surface area contributed by atoms with Crippen molar-refractivity contribution >= 4 is 34.9 Å². The number of aromatic amines is 1. The number of hydrogen-bond acceptors (Lipinski definition) is 3. The number of aromatic nitrogens is 2. The number of fused-ring (bicyclic) bond motifs is 1. The first kappa shape index (κ1) is 13.4. The van der Waals surface area contributed by atoms with Crippen LogP contribution in [-0.4, -0.2) is 9.55 Å². The highest BCUT2D eigenvalue weighted by molar-refractivity contribution is 7.71. The summed E-state index contributed by atoms with van der Waals surface area (Å²) in [7, 11) is 0. The molecule has 3 rings (SSSR count). The van der Waals surface area contributed by atoms with Gasteiger partial charge in [-0.3, -0.25) is 4.57 Å². The van der Waals surface area contributed by atoms with Gasteiger partial charge in [-0.05, 0) is 42.5 Å². The highest BCUT2D eigenvalue weighted by Crippen LogP contribution is 2.27. The van der Waals surface area contributed by atoms with E-state index in [1.54, 1.807) is 34.9 Å². The smallest absolute Gasteiger partial charge is 0.182 e. The highest BCUT2D eigenvalue weighted by atomic mass is 35.5. The molecule has 0 radical (unpaired) electrons. The number of nitrogens with one attached hydrogen (secondary N) is 1. The molecule has 0 amide bonds. The van der Waals surface area contributed by atoms with Crippen LogP contribution in [0.3, 0.4) is 0 Å². The fourth-order valence-corrected chi connectivity index (χ4v) is 2.72. The summed E-state index contributed by atoms with van der Waals surface area (Å²) < 4.78 is 2.15. The highest BCUT2D eigenvalue weighted by Gasteiger charge is 2.12. The van der Waals surface area contributed by atoms with Gasteiger partial charge in [0.15, 0.2) is 4.77 Å².